The van der Waals surface area contributed by atoms with Crippen LogP contribution in [0.1, 0.15) is 15.2 Å². The van der Waals surface area contributed by atoms with E-state index >= 15 is 0 Å². The summed E-state index contributed by atoms with van der Waals surface area (Å²) in [5.74, 6) is 0.736. The Hall–Kier alpha value is -2.35. The molecule has 0 N–H and O–H groups in total. The van der Waals surface area contributed by atoms with Crippen molar-refractivity contribution in [2.45, 2.75) is 13.8 Å². The number of hydrogen-bond acceptors (Lipinski definition) is 1. The van der Waals surface area contributed by atoms with E-state index in [0.717, 1.165) is 17.0 Å². The maximum Gasteiger partial charge on any atom is 0.144 e. The summed E-state index contributed by atoms with van der Waals surface area (Å²) in [7, 11) is 0. The highest BCUT2D eigenvalue weighted by Crippen LogP contribution is 2.25. The van der Waals surface area contributed by atoms with E-state index in [1.165, 1.54) is 0 Å². The second-order valence-corrected chi connectivity index (χ2v) is 4.46. The van der Waals surface area contributed by atoms with E-state index in [1.807, 2.05) is 47.9 Å². The summed E-state index contributed by atoms with van der Waals surface area (Å²) in [6, 6.07) is 15.1. The minimum atomic E-state index is -2.17. The highest BCUT2D eigenvalue weighted by atomic mass is 15.1. The summed E-state index contributed by atoms with van der Waals surface area (Å²) in [4.78, 5) is 4.41. The highest BCUT2D eigenvalue weighted by Gasteiger charge is 2.10. The number of imidazole rings is 1. The molecule has 0 bridgehead atoms. The van der Waals surface area contributed by atoms with Crippen molar-refractivity contribution < 1.29 is 4.11 Å². The summed E-state index contributed by atoms with van der Waals surface area (Å²) >= 11 is 0. The van der Waals surface area contributed by atoms with Crippen molar-refractivity contribution in [1.29, 1.82) is 0 Å². The van der Waals surface area contributed by atoms with Gasteiger partial charge in [0.05, 0.1) is 5.69 Å². The molecular formula is C17H16N2. The molecule has 1 heterocycles. The second kappa shape index (κ2) is 4.73. The molecule has 0 aliphatic heterocycles. The van der Waals surface area contributed by atoms with Gasteiger partial charge >= 0.3 is 0 Å². The molecule has 0 fully saturated rings. The standard InChI is InChI=1S/C17H16N2/c1-13-7-6-8-14(2)16(13)19-12-11-18-17(19)15-9-4-3-5-10-15/h3-12H,1-2H3/i1D3. The van der Waals surface area contributed by atoms with Crippen LogP contribution in [0.5, 0.6) is 0 Å². The van der Waals surface area contributed by atoms with Crippen molar-refractivity contribution in [2.24, 2.45) is 0 Å². The Balaban J connectivity index is 2.25. The van der Waals surface area contributed by atoms with Crippen LogP contribution >= 0.6 is 0 Å². The molecule has 0 saturated carbocycles. The molecule has 0 unspecified atom stereocenters. The number of benzene rings is 2. The topological polar surface area (TPSA) is 17.8 Å². The van der Waals surface area contributed by atoms with E-state index in [-0.39, 0.29) is 0 Å². The maximum absolute atomic E-state index is 7.79. The molecule has 2 nitrogen and oxygen atoms in total. The third-order valence-electron chi connectivity index (χ3n) is 3.15. The first-order valence-electron chi connectivity index (χ1n) is 7.68. The van der Waals surface area contributed by atoms with Gasteiger partial charge in [0.15, 0.2) is 0 Å². The van der Waals surface area contributed by atoms with E-state index in [0.29, 0.717) is 11.3 Å². The second-order valence-electron chi connectivity index (χ2n) is 4.46. The SMILES string of the molecule is [2H]C([2H])([2H])c1cccc(C)c1-n1ccnc1-c1ccccc1. The molecule has 0 radical (unpaired) electrons. The molecule has 3 rings (SSSR count). The fraction of sp³-hybridized carbons (Fsp3) is 0.118. The van der Waals surface area contributed by atoms with Crippen LogP contribution in [0.3, 0.4) is 0 Å². The van der Waals surface area contributed by atoms with Gasteiger partial charge in [0.2, 0.25) is 0 Å². The van der Waals surface area contributed by atoms with Gasteiger partial charge in [-0.2, -0.15) is 0 Å². The summed E-state index contributed by atoms with van der Waals surface area (Å²) < 4.78 is 25.2. The lowest BCUT2D eigenvalue weighted by molar-refractivity contribution is 1.03. The van der Waals surface area contributed by atoms with Gasteiger partial charge in [-0.1, -0.05) is 48.5 Å². The number of rotatable bonds is 2. The van der Waals surface area contributed by atoms with Gasteiger partial charge < -0.3 is 0 Å². The molecule has 94 valence electrons. The monoisotopic (exact) mass is 251 g/mol. The lowest BCUT2D eigenvalue weighted by Gasteiger charge is -2.13. The molecule has 19 heavy (non-hydrogen) atoms. The molecule has 3 aromatic rings. The minimum Gasteiger partial charge on any atom is -0.299 e. The van der Waals surface area contributed by atoms with Crippen LogP contribution in [0.4, 0.5) is 0 Å². The van der Waals surface area contributed by atoms with Gasteiger partial charge in [0.25, 0.3) is 0 Å². The van der Waals surface area contributed by atoms with Gasteiger partial charge in [0.1, 0.15) is 5.82 Å². The number of hydrogen-bond donors (Lipinski definition) is 0. The Kier molecular flexibility index (Phi) is 2.17. The van der Waals surface area contributed by atoms with Crippen molar-refractivity contribution >= 4 is 0 Å². The number of aryl methyl sites for hydroxylation is 2. The molecule has 0 saturated heterocycles. The minimum absolute atomic E-state index is 0.336. The third kappa shape index (κ3) is 2.06. The Morgan fingerprint density at radius 1 is 1.00 bits per heavy atom. The van der Waals surface area contributed by atoms with Gasteiger partial charge in [-0.05, 0) is 24.9 Å². The molecule has 2 aromatic carbocycles. The summed E-state index contributed by atoms with van der Waals surface area (Å²) in [5, 5.41) is 0. The summed E-state index contributed by atoms with van der Waals surface area (Å²) in [6.07, 6.45) is 3.50. The molecule has 0 amide bonds. The van der Waals surface area contributed by atoms with Crippen LogP contribution in [-0.2, 0) is 0 Å². The fourth-order valence-electron chi connectivity index (χ4n) is 2.26. The Labute approximate surface area is 117 Å². The zero-order chi connectivity index (χ0) is 15.7. The normalized spacial score (nSPS) is 13.6. The smallest absolute Gasteiger partial charge is 0.144 e. The van der Waals surface area contributed by atoms with E-state index < -0.39 is 6.85 Å². The fourth-order valence-corrected chi connectivity index (χ4v) is 2.26. The summed E-state index contributed by atoms with van der Waals surface area (Å²) in [6.45, 7) is -0.251. The van der Waals surface area contributed by atoms with Crippen molar-refractivity contribution in [3.63, 3.8) is 0 Å². The van der Waals surface area contributed by atoms with Crippen molar-refractivity contribution in [3.05, 3.63) is 72.1 Å². The molecule has 0 spiro atoms. The first kappa shape index (κ1) is 8.70. The molecule has 0 atom stereocenters. The number of nitrogens with zero attached hydrogens (tertiary/aromatic N) is 2. The van der Waals surface area contributed by atoms with Gasteiger partial charge in [-0.25, -0.2) is 4.98 Å². The van der Waals surface area contributed by atoms with Gasteiger partial charge in [0, 0.05) is 22.1 Å². The van der Waals surface area contributed by atoms with Gasteiger partial charge in [-0.15, -0.1) is 0 Å². The molecule has 1 aromatic heterocycles. The quantitative estimate of drug-likeness (QED) is 0.669. The molecule has 0 aliphatic carbocycles. The largest absolute Gasteiger partial charge is 0.299 e. The zero-order valence-electron chi connectivity index (χ0n) is 13.7. The van der Waals surface area contributed by atoms with Crippen molar-refractivity contribution in [2.75, 3.05) is 0 Å². The predicted octanol–water partition coefficient (Wildman–Crippen LogP) is 4.16. The zero-order valence-corrected chi connectivity index (χ0v) is 10.7. The summed E-state index contributed by atoms with van der Waals surface area (Å²) in [5.41, 5.74) is 2.87. The van der Waals surface area contributed by atoms with Crippen LogP contribution in [0.2, 0.25) is 0 Å². The van der Waals surface area contributed by atoms with E-state index in [9.17, 15) is 0 Å². The van der Waals surface area contributed by atoms with Crippen LogP contribution in [0.25, 0.3) is 17.1 Å². The van der Waals surface area contributed by atoms with Crippen LogP contribution in [0.15, 0.2) is 60.9 Å². The lowest BCUT2D eigenvalue weighted by atomic mass is 10.1. The van der Waals surface area contributed by atoms with Crippen molar-refractivity contribution in [1.82, 2.24) is 9.55 Å². The van der Waals surface area contributed by atoms with E-state index in [2.05, 4.69) is 4.98 Å². The molecule has 2 heteroatoms. The number of aromatic nitrogens is 2. The van der Waals surface area contributed by atoms with E-state index in [1.54, 1.807) is 24.5 Å². The van der Waals surface area contributed by atoms with Crippen molar-refractivity contribution in [3.8, 4) is 17.1 Å². The number of para-hydroxylation sites is 1. The van der Waals surface area contributed by atoms with E-state index in [4.69, 9.17) is 4.11 Å². The van der Waals surface area contributed by atoms with Crippen LogP contribution in [0, 0.1) is 13.8 Å². The first-order chi connectivity index (χ1) is 10.5. The predicted molar refractivity (Wildman–Crippen MR) is 78.5 cm³/mol. The first-order valence-corrected chi connectivity index (χ1v) is 6.18. The Bertz CT molecular complexity index is 789. The maximum atomic E-state index is 7.79. The average molecular weight is 251 g/mol. The highest BCUT2D eigenvalue weighted by molar-refractivity contribution is 5.61. The third-order valence-corrected chi connectivity index (χ3v) is 3.15. The molecular weight excluding hydrogens is 232 g/mol. The Morgan fingerprint density at radius 2 is 1.79 bits per heavy atom. The molecule has 0 aliphatic rings. The lowest BCUT2D eigenvalue weighted by Crippen LogP contribution is -2.01. The Morgan fingerprint density at radius 3 is 2.58 bits per heavy atom. The van der Waals surface area contributed by atoms with Crippen LogP contribution in [-0.4, -0.2) is 9.55 Å². The van der Waals surface area contributed by atoms with Gasteiger partial charge in [-0.3, -0.25) is 4.57 Å². The van der Waals surface area contributed by atoms with Crippen LogP contribution < -0.4 is 0 Å². The average Bonchev–Trinajstić information content (AvgIpc) is 2.96.